The number of hydrogen-bond acceptors (Lipinski definition) is 2. The molecule has 0 aliphatic heterocycles. The van der Waals surface area contributed by atoms with Crippen molar-refractivity contribution >= 4 is 11.6 Å². The molecule has 1 saturated carbocycles. The van der Waals surface area contributed by atoms with Gasteiger partial charge < -0.3 is 5.32 Å². The summed E-state index contributed by atoms with van der Waals surface area (Å²) in [6.45, 7) is 7.87. The fourth-order valence-electron chi connectivity index (χ4n) is 3.57. The van der Waals surface area contributed by atoms with Crippen molar-refractivity contribution in [3.05, 3.63) is 16.9 Å². The standard InChI is InChI=1S/C15H26ClN3/c1-5-9-19-14(12(16)10-18-19)13(17-4)11-7-6-8-15(11,2)3/h10-11,13,17H,5-9H2,1-4H3. The molecular weight excluding hydrogens is 258 g/mol. The lowest BCUT2D eigenvalue weighted by molar-refractivity contribution is 0.197. The summed E-state index contributed by atoms with van der Waals surface area (Å²) < 4.78 is 2.08. The van der Waals surface area contributed by atoms with Crippen LogP contribution in [-0.2, 0) is 6.54 Å². The van der Waals surface area contributed by atoms with Gasteiger partial charge in [0, 0.05) is 6.54 Å². The van der Waals surface area contributed by atoms with Crippen LogP contribution in [0.2, 0.25) is 5.02 Å². The Morgan fingerprint density at radius 2 is 2.32 bits per heavy atom. The van der Waals surface area contributed by atoms with Gasteiger partial charge in [-0.2, -0.15) is 5.10 Å². The van der Waals surface area contributed by atoms with E-state index in [-0.39, 0.29) is 0 Å². The quantitative estimate of drug-likeness (QED) is 0.884. The number of hydrogen-bond donors (Lipinski definition) is 1. The van der Waals surface area contributed by atoms with E-state index in [1.54, 1.807) is 6.20 Å². The number of aryl methyl sites for hydroxylation is 1. The van der Waals surface area contributed by atoms with E-state index in [1.165, 1.54) is 25.0 Å². The van der Waals surface area contributed by atoms with Crippen LogP contribution in [0, 0.1) is 11.3 Å². The monoisotopic (exact) mass is 283 g/mol. The van der Waals surface area contributed by atoms with Crippen LogP contribution < -0.4 is 5.32 Å². The fraction of sp³-hybridized carbons (Fsp3) is 0.800. The maximum atomic E-state index is 6.40. The number of halogens is 1. The van der Waals surface area contributed by atoms with Crippen LogP contribution in [0.25, 0.3) is 0 Å². The zero-order chi connectivity index (χ0) is 14.0. The number of nitrogens with one attached hydrogen (secondary N) is 1. The molecule has 19 heavy (non-hydrogen) atoms. The topological polar surface area (TPSA) is 29.9 Å². The van der Waals surface area contributed by atoms with Crippen LogP contribution in [0.15, 0.2) is 6.20 Å². The van der Waals surface area contributed by atoms with E-state index in [9.17, 15) is 0 Å². The zero-order valence-corrected chi connectivity index (χ0v) is 13.3. The summed E-state index contributed by atoms with van der Waals surface area (Å²) in [7, 11) is 2.04. The summed E-state index contributed by atoms with van der Waals surface area (Å²) in [5.41, 5.74) is 1.55. The Labute approximate surface area is 121 Å². The summed E-state index contributed by atoms with van der Waals surface area (Å²) in [5.74, 6) is 0.627. The maximum Gasteiger partial charge on any atom is 0.0834 e. The molecular formula is C15H26ClN3. The van der Waals surface area contributed by atoms with Crippen molar-refractivity contribution in [2.24, 2.45) is 11.3 Å². The molecule has 3 nitrogen and oxygen atoms in total. The Hall–Kier alpha value is -0.540. The highest BCUT2D eigenvalue weighted by Gasteiger charge is 2.41. The second-order valence-electron chi connectivity index (χ2n) is 6.35. The van der Waals surface area contributed by atoms with Crippen LogP contribution >= 0.6 is 11.6 Å². The highest BCUT2D eigenvalue weighted by atomic mass is 35.5. The largest absolute Gasteiger partial charge is 0.311 e. The molecule has 0 saturated heterocycles. The highest BCUT2D eigenvalue weighted by Crippen LogP contribution is 2.49. The van der Waals surface area contributed by atoms with Crippen LogP contribution in [0.5, 0.6) is 0 Å². The first-order valence-electron chi connectivity index (χ1n) is 7.39. The third-order valence-corrected chi connectivity index (χ3v) is 4.91. The van der Waals surface area contributed by atoms with Crippen LogP contribution in [0.1, 0.15) is 58.2 Å². The zero-order valence-electron chi connectivity index (χ0n) is 12.5. The smallest absolute Gasteiger partial charge is 0.0834 e. The van der Waals surface area contributed by atoms with Crippen LogP contribution in [0.3, 0.4) is 0 Å². The molecule has 0 bridgehead atoms. The van der Waals surface area contributed by atoms with Gasteiger partial charge in [-0.1, -0.05) is 38.8 Å². The molecule has 1 aliphatic rings. The average Bonchev–Trinajstić information content (AvgIpc) is 2.87. The summed E-state index contributed by atoms with van der Waals surface area (Å²) in [6.07, 6.45) is 6.76. The van der Waals surface area contributed by atoms with Gasteiger partial charge in [-0.25, -0.2) is 0 Å². The van der Waals surface area contributed by atoms with Gasteiger partial charge in [0.1, 0.15) is 0 Å². The molecule has 0 aromatic carbocycles. The second kappa shape index (κ2) is 5.84. The molecule has 1 fully saturated rings. The molecule has 2 rings (SSSR count). The Morgan fingerprint density at radius 3 is 2.84 bits per heavy atom. The maximum absolute atomic E-state index is 6.40. The molecule has 2 unspecified atom stereocenters. The van der Waals surface area contributed by atoms with Gasteiger partial charge in [-0.15, -0.1) is 0 Å². The van der Waals surface area contributed by atoms with Crippen molar-refractivity contribution in [1.29, 1.82) is 0 Å². The third-order valence-electron chi connectivity index (χ3n) is 4.62. The molecule has 108 valence electrons. The molecule has 1 N–H and O–H groups in total. The Balaban J connectivity index is 2.34. The normalized spacial score (nSPS) is 23.7. The molecule has 1 aliphatic carbocycles. The minimum Gasteiger partial charge on any atom is -0.311 e. The van der Waals surface area contributed by atoms with Gasteiger partial charge in [-0.3, -0.25) is 4.68 Å². The Kier molecular flexibility index (Phi) is 4.57. The lowest BCUT2D eigenvalue weighted by Crippen LogP contribution is -2.33. The molecule has 0 amide bonds. The molecule has 4 heteroatoms. The second-order valence-corrected chi connectivity index (χ2v) is 6.76. The molecule has 1 aromatic rings. The minimum atomic E-state index is 0.305. The Morgan fingerprint density at radius 1 is 1.58 bits per heavy atom. The molecule has 2 atom stereocenters. The van der Waals surface area contributed by atoms with E-state index in [1.807, 2.05) is 7.05 Å². The fourth-order valence-corrected chi connectivity index (χ4v) is 3.83. The predicted octanol–water partition coefficient (Wildman–Crippen LogP) is 4.03. The van der Waals surface area contributed by atoms with Crippen LogP contribution in [-0.4, -0.2) is 16.8 Å². The van der Waals surface area contributed by atoms with Crippen molar-refractivity contribution in [1.82, 2.24) is 15.1 Å². The molecule has 1 heterocycles. The third kappa shape index (κ3) is 2.82. The van der Waals surface area contributed by atoms with Crippen molar-refractivity contribution in [3.63, 3.8) is 0 Å². The van der Waals surface area contributed by atoms with Gasteiger partial charge >= 0.3 is 0 Å². The number of aromatic nitrogens is 2. The van der Waals surface area contributed by atoms with Crippen LogP contribution in [0.4, 0.5) is 0 Å². The van der Waals surface area contributed by atoms with E-state index in [0.29, 0.717) is 17.4 Å². The lowest BCUT2D eigenvalue weighted by Gasteiger charge is -2.34. The van der Waals surface area contributed by atoms with Gasteiger partial charge in [0.25, 0.3) is 0 Å². The summed E-state index contributed by atoms with van der Waals surface area (Å²) in [5, 5.41) is 8.74. The van der Waals surface area contributed by atoms with E-state index in [0.717, 1.165) is 18.0 Å². The molecule has 1 aromatic heterocycles. The van der Waals surface area contributed by atoms with Gasteiger partial charge in [-0.05, 0) is 37.6 Å². The van der Waals surface area contributed by atoms with Gasteiger partial charge in [0.05, 0.1) is 23.0 Å². The van der Waals surface area contributed by atoms with Crippen molar-refractivity contribution in [2.75, 3.05) is 7.05 Å². The SMILES string of the molecule is CCCn1ncc(Cl)c1C(NC)C1CCCC1(C)C. The minimum absolute atomic E-state index is 0.305. The van der Waals surface area contributed by atoms with Crippen molar-refractivity contribution in [3.8, 4) is 0 Å². The van der Waals surface area contributed by atoms with E-state index in [2.05, 4.69) is 35.9 Å². The number of nitrogens with zero attached hydrogens (tertiary/aromatic N) is 2. The highest BCUT2D eigenvalue weighted by molar-refractivity contribution is 6.31. The van der Waals surface area contributed by atoms with E-state index < -0.39 is 0 Å². The van der Waals surface area contributed by atoms with E-state index in [4.69, 9.17) is 11.6 Å². The first-order valence-corrected chi connectivity index (χ1v) is 7.77. The summed E-state index contributed by atoms with van der Waals surface area (Å²) in [6, 6.07) is 0.305. The summed E-state index contributed by atoms with van der Waals surface area (Å²) in [4.78, 5) is 0. The first-order chi connectivity index (χ1) is 9.01. The van der Waals surface area contributed by atoms with Crippen molar-refractivity contribution in [2.45, 2.75) is 59.0 Å². The first kappa shape index (κ1) is 14.9. The van der Waals surface area contributed by atoms with Gasteiger partial charge in [0.15, 0.2) is 0 Å². The summed E-state index contributed by atoms with van der Waals surface area (Å²) >= 11 is 6.40. The molecule has 0 radical (unpaired) electrons. The van der Waals surface area contributed by atoms with Gasteiger partial charge in [0.2, 0.25) is 0 Å². The predicted molar refractivity (Wildman–Crippen MR) is 80.5 cm³/mol. The van der Waals surface area contributed by atoms with E-state index >= 15 is 0 Å². The Bertz CT molecular complexity index is 425. The lowest BCUT2D eigenvalue weighted by atomic mass is 9.76. The molecule has 0 spiro atoms. The average molecular weight is 284 g/mol. The number of rotatable bonds is 5. The van der Waals surface area contributed by atoms with Crippen molar-refractivity contribution < 1.29 is 0 Å².